The van der Waals surface area contributed by atoms with E-state index in [0.717, 1.165) is 53.0 Å². The molecule has 2 aliphatic heterocycles. The lowest BCUT2D eigenvalue weighted by atomic mass is 9.82. The number of pyridine rings is 1. The molecule has 7 nitrogen and oxygen atoms in total. The van der Waals surface area contributed by atoms with Crippen LogP contribution in [0.15, 0.2) is 91.1 Å². The van der Waals surface area contributed by atoms with Crippen LogP contribution in [-0.2, 0) is 45.3 Å². The van der Waals surface area contributed by atoms with Crippen molar-refractivity contribution in [2.45, 2.75) is 55.6 Å². The molecule has 2 aliphatic rings. The van der Waals surface area contributed by atoms with Crippen LogP contribution in [0.4, 0.5) is 18.0 Å². The minimum absolute atomic E-state index is 0.0573. The summed E-state index contributed by atoms with van der Waals surface area (Å²) in [4.78, 5) is 18.4. The zero-order valence-electron chi connectivity index (χ0n) is 25.0. The molecule has 1 spiro atoms. The minimum atomic E-state index is -4.41. The number of piperidine rings is 1. The van der Waals surface area contributed by atoms with Crippen molar-refractivity contribution in [1.29, 1.82) is 0 Å². The van der Waals surface area contributed by atoms with E-state index in [9.17, 15) is 26.4 Å². The lowest BCUT2D eigenvalue weighted by molar-refractivity contribution is -0.137. The monoisotopic (exact) mass is 650 g/mol. The summed E-state index contributed by atoms with van der Waals surface area (Å²) in [7, 11) is -3.36. The lowest BCUT2D eigenvalue weighted by Crippen LogP contribution is -2.51. The Kier molecular flexibility index (Phi) is 8.78. The van der Waals surface area contributed by atoms with Gasteiger partial charge in [-0.3, -0.25) is 4.98 Å². The molecule has 240 valence electrons. The summed E-state index contributed by atoms with van der Waals surface area (Å²) in [6, 6.07) is 23.5. The Balaban J connectivity index is 1.01. The fourth-order valence-electron chi connectivity index (χ4n) is 5.98. The van der Waals surface area contributed by atoms with Gasteiger partial charge in [0.05, 0.1) is 22.8 Å². The van der Waals surface area contributed by atoms with E-state index in [1.807, 2.05) is 36.4 Å². The van der Waals surface area contributed by atoms with Gasteiger partial charge in [-0.15, -0.1) is 0 Å². The number of rotatable bonds is 7. The normalized spacial score (nSPS) is 16.0. The predicted octanol–water partition coefficient (Wildman–Crippen LogP) is 7.38. The molecule has 1 amide bonds. The van der Waals surface area contributed by atoms with Crippen LogP contribution >= 0.6 is 0 Å². The molecule has 1 aromatic heterocycles. The Morgan fingerprint density at radius 2 is 1.57 bits per heavy atom. The van der Waals surface area contributed by atoms with Crippen LogP contribution < -0.4 is 4.74 Å². The highest BCUT2D eigenvalue weighted by atomic mass is 32.2. The first-order valence-corrected chi connectivity index (χ1v) is 16.9. The maximum atomic E-state index is 12.8. The van der Waals surface area contributed by atoms with Gasteiger partial charge >= 0.3 is 12.3 Å². The number of halogens is 3. The maximum absolute atomic E-state index is 12.8. The molecule has 0 saturated carbocycles. The standard InChI is InChI=1S/C35H33F3N2O5S/c36-35(37,38)30-11-6-25(7-12-30)22-44-33(41)40-19-16-34(17-20-40)15-14-29-21-28(10-13-32(29)45-34)27-8-4-26(5-9-27)23-46(42,43)24-31-3-1-2-18-39-31/h1-13,18,21H,14-17,19-20,22-24H2. The molecule has 0 aliphatic carbocycles. The first-order chi connectivity index (χ1) is 22.0. The van der Waals surface area contributed by atoms with E-state index in [0.29, 0.717) is 37.2 Å². The van der Waals surface area contributed by atoms with Crippen molar-refractivity contribution in [3.63, 3.8) is 0 Å². The number of hydrogen-bond acceptors (Lipinski definition) is 6. The van der Waals surface area contributed by atoms with Crippen molar-refractivity contribution in [1.82, 2.24) is 9.88 Å². The third-order valence-electron chi connectivity index (χ3n) is 8.58. The van der Waals surface area contributed by atoms with Crippen LogP contribution in [0.5, 0.6) is 5.75 Å². The number of aryl methyl sites for hydroxylation is 1. The molecule has 1 saturated heterocycles. The molecule has 4 aromatic rings. The third kappa shape index (κ3) is 7.52. The summed E-state index contributed by atoms with van der Waals surface area (Å²) in [6.45, 7) is 0.824. The average Bonchev–Trinajstić information content (AvgIpc) is 3.04. The molecule has 0 unspecified atom stereocenters. The van der Waals surface area contributed by atoms with Gasteiger partial charge in [-0.25, -0.2) is 13.2 Å². The number of aromatic nitrogens is 1. The first-order valence-electron chi connectivity index (χ1n) is 15.1. The summed E-state index contributed by atoms with van der Waals surface area (Å²) in [6.07, 6.45) is -0.386. The molecule has 3 aromatic carbocycles. The van der Waals surface area contributed by atoms with E-state index in [1.165, 1.54) is 12.1 Å². The van der Waals surface area contributed by atoms with E-state index in [-0.39, 0.29) is 23.7 Å². The Morgan fingerprint density at radius 3 is 2.24 bits per heavy atom. The van der Waals surface area contributed by atoms with E-state index in [2.05, 4.69) is 11.1 Å². The highest BCUT2D eigenvalue weighted by Crippen LogP contribution is 2.41. The number of carbonyl (C=O) groups excluding carboxylic acids is 1. The van der Waals surface area contributed by atoms with E-state index in [4.69, 9.17) is 9.47 Å². The van der Waals surface area contributed by atoms with Gasteiger partial charge in [-0.05, 0) is 77.1 Å². The smallest absolute Gasteiger partial charge is 0.416 e. The van der Waals surface area contributed by atoms with Crippen molar-refractivity contribution < 1.29 is 35.9 Å². The molecule has 1 fully saturated rings. The molecular weight excluding hydrogens is 617 g/mol. The van der Waals surface area contributed by atoms with Gasteiger partial charge < -0.3 is 14.4 Å². The Bertz CT molecular complexity index is 1790. The number of alkyl halides is 3. The van der Waals surface area contributed by atoms with Gasteiger partial charge in [0.15, 0.2) is 9.84 Å². The number of sulfone groups is 1. The van der Waals surface area contributed by atoms with Crippen LogP contribution in [0, 0.1) is 0 Å². The minimum Gasteiger partial charge on any atom is -0.487 e. The van der Waals surface area contributed by atoms with Crippen molar-refractivity contribution >= 4 is 15.9 Å². The SMILES string of the molecule is O=C(OCc1ccc(C(F)(F)F)cc1)N1CCC2(CCc3cc(-c4ccc(CS(=O)(=O)Cc5ccccn5)cc4)ccc3O2)CC1. The molecule has 3 heterocycles. The number of ether oxygens (including phenoxy) is 2. The van der Waals surface area contributed by atoms with Crippen LogP contribution in [0.25, 0.3) is 11.1 Å². The summed E-state index contributed by atoms with van der Waals surface area (Å²) in [5, 5.41) is 0. The zero-order chi connectivity index (χ0) is 32.4. The van der Waals surface area contributed by atoms with E-state index >= 15 is 0 Å². The fraction of sp³-hybridized carbons (Fsp3) is 0.314. The number of amides is 1. The number of likely N-dealkylation sites (tertiary alicyclic amines) is 1. The van der Waals surface area contributed by atoms with Crippen molar-refractivity contribution in [2.75, 3.05) is 13.1 Å². The van der Waals surface area contributed by atoms with E-state index in [1.54, 1.807) is 29.3 Å². The molecular formula is C35H33F3N2O5S. The summed E-state index contributed by atoms with van der Waals surface area (Å²) < 4.78 is 75.6. The fourth-order valence-corrected chi connectivity index (χ4v) is 7.41. The number of nitrogens with zero attached hydrogens (tertiary/aromatic N) is 2. The van der Waals surface area contributed by atoms with E-state index < -0.39 is 27.7 Å². The first kappa shape index (κ1) is 31.6. The Morgan fingerprint density at radius 1 is 0.870 bits per heavy atom. The van der Waals surface area contributed by atoms with Crippen LogP contribution in [-0.4, -0.2) is 43.1 Å². The number of benzene rings is 3. The van der Waals surface area contributed by atoms with Crippen molar-refractivity contribution in [3.05, 3.63) is 119 Å². The molecule has 0 atom stereocenters. The second kappa shape index (κ2) is 12.8. The van der Waals surface area contributed by atoms with Crippen molar-refractivity contribution in [2.24, 2.45) is 0 Å². The predicted molar refractivity (Wildman–Crippen MR) is 167 cm³/mol. The molecule has 0 N–H and O–H groups in total. The number of hydrogen-bond donors (Lipinski definition) is 0. The van der Waals surface area contributed by atoms with Crippen molar-refractivity contribution in [3.8, 4) is 16.9 Å². The number of fused-ring (bicyclic) bond motifs is 1. The quantitative estimate of drug-likeness (QED) is 0.208. The number of carbonyl (C=O) groups is 1. The van der Waals surface area contributed by atoms with Gasteiger partial charge in [0.1, 0.15) is 18.0 Å². The molecule has 46 heavy (non-hydrogen) atoms. The van der Waals surface area contributed by atoms with Gasteiger partial charge in [0, 0.05) is 32.1 Å². The third-order valence-corrected chi connectivity index (χ3v) is 10.1. The van der Waals surface area contributed by atoms with Crippen LogP contribution in [0.1, 0.15) is 47.2 Å². The molecule has 11 heteroatoms. The lowest BCUT2D eigenvalue weighted by Gasteiger charge is -2.44. The molecule has 0 bridgehead atoms. The van der Waals surface area contributed by atoms with Crippen LogP contribution in [0.2, 0.25) is 0 Å². The van der Waals surface area contributed by atoms with Crippen LogP contribution in [0.3, 0.4) is 0 Å². The Hall–Kier alpha value is -4.38. The van der Waals surface area contributed by atoms with Gasteiger partial charge in [0.2, 0.25) is 0 Å². The average molecular weight is 651 g/mol. The topological polar surface area (TPSA) is 85.8 Å². The zero-order valence-corrected chi connectivity index (χ0v) is 25.8. The summed E-state index contributed by atoms with van der Waals surface area (Å²) in [5.74, 6) is 0.666. The summed E-state index contributed by atoms with van der Waals surface area (Å²) >= 11 is 0. The largest absolute Gasteiger partial charge is 0.487 e. The van der Waals surface area contributed by atoms with Gasteiger partial charge in [-0.1, -0.05) is 48.5 Å². The van der Waals surface area contributed by atoms with Gasteiger partial charge in [-0.2, -0.15) is 13.2 Å². The van der Waals surface area contributed by atoms with Gasteiger partial charge in [0.25, 0.3) is 0 Å². The Labute approximate surface area is 265 Å². The molecule has 6 rings (SSSR count). The second-order valence-electron chi connectivity index (χ2n) is 11.9. The highest BCUT2D eigenvalue weighted by molar-refractivity contribution is 7.89. The highest BCUT2D eigenvalue weighted by Gasteiger charge is 2.41. The molecule has 0 radical (unpaired) electrons. The second-order valence-corrected chi connectivity index (χ2v) is 14.0. The summed E-state index contributed by atoms with van der Waals surface area (Å²) in [5.41, 5.74) is 3.72. The maximum Gasteiger partial charge on any atom is 0.416 e.